The number of aliphatic hydroxyl groups excluding tert-OH is 1. The average molecular weight is 992 g/mol. The summed E-state index contributed by atoms with van der Waals surface area (Å²) in [6.45, 7) is 4.65. The third-order valence-corrected chi connectivity index (χ3v) is 14.2. The summed E-state index contributed by atoms with van der Waals surface area (Å²) in [6.07, 6.45) is 67.7. The first-order chi connectivity index (χ1) is 33.5. The second-order valence-electron chi connectivity index (χ2n) is 21.3. The number of hydrogen-bond acceptors (Lipinski definition) is 6. The molecule has 0 fully saturated rings. The molecule has 0 heterocycles. The quantitative estimate of drug-likeness (QED) is 0.0272. The lowest BCUT2D eigenvalue weighted by Gasteiger charge is -2.29. The Morgan fingerprint density at radius 2 is 0.812 bits per heavy atom. The zero-order valence-electron chi connectivity index (χ0n) is 46.3. The molecule has 0 aromatic rings. The maximum Gasteiger partial charge on any atom is 0.268 e. The Balaban J connectivity index is 4.25. The topological polar surface area (TPSA) is 108 Å². The molecule has 0 aliphatic heterocycles. The molecule has 0 bridgehead atoms. The second-order valence-corrected chi connectivity index (χ2v) is 22.7. The summed E-state index contributed by atoms with van der Waals surface area (Å²) in [4.78, 5) is 25.5. The van der Waals surface area contributed by atoms with Gasteiger partial charge in [-0.25, -0.2) is 0 Å². The van der Waals surface area contributed by atoms with Crippen LogP contribution in [-0.2, 0) is 18.4 Å². The number of nitrogens with one attached hydrogen (secondary N) is 1. The van der Waals surface area contributed by atoms with Crippen molar-refractivity contribution in [1.82, 2.24) is 5.32 Å². The zero-order valence-corrected chi connectivity index (χ0v) is 47.2. The third kappa shape index (κ3) is 54.1. The van der Waals surface area contributed by atoms with Crippen molar-refractivity contribution in [2.75, 3.05) is 40.9 Å². The van der Waals surface area contributed by atoms with Crippen LogP contribution in [0.5, 0.6) is 0 Å². The molecule has 0 aromatic heterocycles. The average Bonchev–Trinajstić information content (AvgIpc) is 3.31. The molecular weight excluding hydrogens is 876 g/mol. The minimum atomic E-state index is -4.61. The van der Waals surface area contributed by atoms with Crippen LogP contribution in [0, 0.1) is 0 Å². The van der Waals surface area contributed by atoms with Gasteiger partial charge in [-0.05, 0) is 70.6 Å². The predicted octanol–water partition coefficient (Wildman–Crippen LogP) is 17.3. The molecule has 0 saturated carbocycles. The van der Waals surface area contributed by atoms with Crippen LogP contribution in [0.2, 0.25) is 0 Å². The van der Waals surface area contributed by atoms with E-state index in [2.05, 4.69) is 55.6 Å². The van der Waals surface area contributed by atoms with Gasteiger partial charge in [0.15, 0.2) is 0 Å². The van der Waals surface area contributed by atoms with E-state index < -0.39 is 26.6 Å². The van der Waals surface area contributed by atoms with Gasteiger partial charge in [-0.2, -0.15) is 0 Å². The lowest BCUT2D eigenvalue weighted by molar-refractivity contribution is -0.870. The largest absolute Gasteiger partial charge is 0.756 e. The van der Waals surface area contributed by atoms with E-state index in [-0.39, 0.29) is 12.5 Å². The number of phosphoric acid groups is 1. The monoisotopic (exact) mass is 991 g/mol. The fraction of sp³-hybridized carbons (Fsp3) is 0.850. The number of carbonyl (C=O) groups is 1. The van der Waals surface area contributed by atoms with E-state index in [0.717, 1.165) is 44.9 Å². The van der Waals surface area contributed by atoms with Gasteiger partial charge in [0.2, 0.25) is 5.91 Å². The molecule has 69 heavy (non-hydrogen) atoms. The van der Waals surface area contributed by atoms with Crippen molar-refractivity contribution in [3.05, 3.63) is 48.6 Å². The Morgan fingerprint density at radius 1 is 0.493 bits per heavy atom. The summed E-state index contributed by atoms with van der Waals surface area (Å²) in [5.41, 5.74) is 0. The Labute approximate surface area is 429 Å². The van der Waals surface area contributed by atoms with Gasteiger partial charge in [0, 0.05) is 6.42 Å². The molecular formula is C60H115N2O6P. The van der Waals surface area contributed by atoms with Crippen molar-refractivity contribution in [2.24, 2.45) is 0 Å². The smallest absolute Gasteiger partial charge is 0.268 e. The van der Waals surface area contributed by atoms with Crippen molar-refractivity contribution in [1.29, 1.82) is 0 Å². The van der Waals surface area contributed by atoms with Crippen LogP contribution >= 0.6 is 7.82 Å². The molecule has 8 nitrogen and oxygen atoms in total. The molecule has 0 aliphatic carbocycles. The highest BCUT2D eigenvalue weighted by molar-refractivity contribution is 7.45. The van der Waals surface area contributed by atoms with Crippen molar-refractivity contribution < 1.29 is 32.9 Å². The predicted molar refractivity (Wildman–Crippen MR) is 298 cm³/mol. The Morgan fingerprint density at radius 3 is 1.17 bits per heavy atom. The summed E-state index contributed by atoms with van der Waals surface area (Å²) < 4.78 is 23.3. The summed E-state index contributed by atoms with van der Waals surface area (Å²) in [7, 11) is 1.24. The summed E-state index contributed by atoms with van der Waals surface area (Å²) in [6, 6.07) is -0.911. The van der Waals surface area contributed by atoms with Gasteiger partial charge < -0.3 is 28.8 Å². The Hall–Kier alpha value is -1.54. The van der Waals surface area contributed by atoms with E-state index in [0.29, 0.717) is 17.4 Å². The fourth-order valence-corrected chi connectivity index (χ4v) is 9.32. The first-order valence-electron chi connectivity index (χ1n) is 29.5. The number of quaternary nitrogens is 1. The van der Waals surface area contributed by atoms with E-state index in [4.69, 9.17) is 9.05 Å². The number of carbonyl (C=O) groups excluding carboxylic acids is 1. The van der Waals surface area contributed by atoms with Crippen LogP contribution in [0.3, 0.4) is 0 Å². The van der Waals surface area contributed by atoms with E-state index in [1.807, 2.05) is 27.2 Å². The first-order valence-corrected chi connectivity index (χ1v) is 31.0. The maximum absolute atomic E-state index is 13.0. The molecule has 1 amide bonds. The van der Waals surface area contributed by atoms with Crippen LogP contribution < -0.4 is 10.2 Å². The van der Waals surface area contributed by atoms with Crippen molar-refractivity contribution in [3.63, 3.8) is 0 Å². The van der Waals surface area contributed by atoms with Crippen LogP contribution in [0.4, 0.5) is 0 Å². The Bertz CT molecular complexity index is 1260. The first kappa shape index (κ1) is 67.5. The normalized spacial score (nSPS) is 14.2. The van der Waals surface area contributed by atoms with Gasteiger partial charge in [0.1, 0.15) is 13.2 Å². The number of phosphoric ester groups is 1. The number of aliphatic hydroxyl groups is 1. The zero-order chi connectivity index (χ0) is 50.6. The minimum absolute atomic E-state index is 0.00898. The van der Waals surface area contributed by atoms with E-state index in [9.17, 15) is 19.4 Å². The number of hydrogen-bond donors (Lipinski definition) is 2. The number of likely N-dealkylation sites (N-methyl/N-ethyl adjacent to an activating group) is 1. The Kier molecular flexibility index (Phi) is 50.2. The van der Waals surface area contributed by atoms with E-state index in [1.165, 1.54) is 212 Å². The SMILES string of the molecule is CCCCCCCCCC/C=C\CCCCCCCCCCCCCCCC(=O)NC(COP(=O)([O-])OCC[N+](C)(C)C)C(O)/C=C/CC/C=C/CC/C=C/CCCCCCCCCCCCCC. The minimum Gasteiger partial charge on any atom is -0.756 e. The molecule has 0 spiro atoms. The molecule has 0 saturated heterocycles. The van der Waals surface area contributed by atoms with Crippen LogP contribution in [-0.4, -0.2) is 68.5 Å². The molecule has 0 aromatic carbocycles. The van der Waals surface area contributed by atoms with Gasteiger partial charge >= 0.3 is 0 Å². The lowest BCUT2D eigenvalue weighted by Crippen LogP contribution is -2.45. The fourth-order valence-electron chi connectivity index (χ4n) is 8.59. The third-order valence-electron chi connectivity index (χ3n) is 13.2. The van der Waals surface area contributed by atoms with Crippen LogP contribution in [0.1, 0.15) is 277 Å². The highest BCUT2D eigenvalue weighted by atomic mass is 31.2. The van der Waals surface area contributed by atoms with Gasteiger partial charge in [0.25, 0.3) is 7.82 Å². The van der Waals surface area contributed by atoms with Crippen LogP contribution in [0.15, 0.2) is 48.6 Å². The molecule has 2 N–H and O–H groups in total. The standard InChI is InChI=1S/C60H115N2O6P/c1-6-8-10-12-14-16-18-20-22-24-26-28-30-31-32-34-36-38-40-42-44-46-48-50-52-54-60(64)61-58(57-68-69(65,66)67-56-55-62(3,4)5)59(63)53-51-49-47-45-43-41-39-37-35-33-29-27-25-23-21-19-17-15-13-11-9-7-2/h24,26,35,37,43,45,51,53,58-59,63H,6-23,25,27-34,36,38-42,44,46-50,52,54-57H2,1-5H3,(H-,61,64,65,66)/b26-24-,37-35+,45-43+,53-51+. The number of allylic oxidation sites excluding steroid dienone is 7. The van der Waals surface area contributed by atoms with E-state index in [1.54, 1.807) is 6.08 Å². The number of nitrogens with zero attached hydrogens (tertiary/aromatic N) is 1. The second kappa shape index (κ2) is 51.4. The van der Waals surface area contributed by atoms with E-state index >= 15 is 0 Å². The maximum atomic E-state index is 13.0. The lowest BCUT2D eigenvalue weighted by atomic mass is 10.0. The molecule has 0 aliphatic rings. The number of amides is 1. The molecule has 3 unspecified atom stereocenters. The van der Waals surface area contributed by atoms with Gasteiger partial charge in [0.05, 0.1) is 39.9 Å². The summed E-state index contributed by atoms with van der Waals surface area (Å²) >= 11 is 0. The molecule has 406 valence electrons. The summed E-state index contributed by atoms with van der Waals surface area (Å²) in [5, 5.41) is 13.9. The molecule has 0 radical (unpaired) electrons. The molecule has 0 rings (SSSR count). The molecule has 3 atom stereocenters. The van der Waals surface area contributed by atoms with Crippen molar-refractivity contribution in [3.8, 4) is 0 Å². The molecule has 9 heteroatoms. The van der Waals surface area contributed by atoms with Gasteiger partial charge in [-0.15, -0.1) is 0 Å². The summed E-state index contributed by atoms with van der Waals surface area (Å²) in [5.74, 6) is -0.209. The highest BCUT2D eigenvalue weighted by Crippen LogP contribution is 2.38. The number of unbranched alkanes of at least 4 members (excludes halogenated alkanes) is 35. The van der Waals surface area contributed by atoms with Crippen molar-refractivity contribution in [2.45, 2.75) is 289 Å². The van der Waals surface area contributed by atoms with Gasteiger partial charge in [-0.3, -0.25) is 9.36 Å². The number of rotatable bonds is 54. The van der Waals surface area contributed by atoms with Crippen LogP contribution in [0.25, 0.3) is 0 Å². The highest BCUT2D eigenvalue weighted by Gasteiger charge is 2.23. The van der Waals surface area contributed by atoms with Crippen molar-refractivity contribution >= 4 is 13.7 Å². The van der Waals surface area contributed by atoms with Gasteiger partial charge in [-0.1, -0.05) is 249 Å².